The number of carbonyl (C=O) groups is 1. The number of aryl methyl sites for hydroxylation is 1. The molecule has 1 aromatic rings. The Kier molecular flexibility index (Phi) is 5.59. The minimum Gasteiger partial charge on any atom is -0.481 e. The van der Waals surface area contributed by atoms with E-state index in [1.165, 1.54) is 0 Å². The van der Waals surface area contributed by atoms with E-state index in [-0.39, 0.29) is 5.91 Å². The first-order valence-corrected chi connectivity index (χ1v) is 7.55. The van der Waals surface area contributed by atoms with Crippen molar-refractivity contribution in [1.82, 2.24) is 9.80 Å². The Bertz CT molecular complexity index is 470. The molecule has 0 aliphatic carbocycles. The van der Waals surface area contributed by atoms with Gasteiger partial charge >= 0.3 is 0 Å². The molecule has 116 valence electrons. The number of piperazine rings is 1. The molecule has 0 spiro atoms. The summed E-state index contributed by atoms with van der Waals surface area (Å²) < 4.78 is 5.81. The number of nitrogens with zero attached hydrogens (tertiary/aromatic N) is 2. The standard InChI is InChI=1S/C16H25N3O2/c1-13-5-3-4-6-15(13)21-14(2)16(20)19-11-9-18(8-7-17)10-12-19/h3-6,14H,7-12,17H2,1-2H3. The second-order valence-electron chi connectivity index (χ2n) is 5.48. The number of ether oxygens (including phenoxy) is 1. The average Bonchev–Trinajstić information content (AvgIpc) is 2.50. The van der Waals surface area contributed by atoms with Crippen LogP contribution in [0.15, 0.2) is 24.3 Å². The fourth-order valence-electron chi connectivity index (χ4n) is 2.56. The van der Waals surface area contributed by atoms with E-state index >= 15 is 0 Å². The fourth-order valence-corrected chi connectivity index (χ4v) is 2.56. The number of nitrogens with two attached hydrogens (primary N) is 1. The highest BCUT2D eigenvalue weighted by Gasteiger charge is 2.25. The molecule has 5 nitrogen and oxygen atoms in total. The van der Waals surface area contributed by atoms with Crippen molar-refractivity contribution in [3.8, 4) is 5.75 Å². The van der Waals surface area contributed by atoms with Crippen molar-refractivity contribution >= 4 is 5.91 Å². The normalized spacial score (nSPS) is 17.6. The third kappa shape index (κ3) is 4.19. The number of hydrogen-bond acceptors (Lipinski definition) is 4. The summed E-state index contributed by atoms with van der Waals surface area (Å²) in [4.78, 5) is 16.6. The molecular formula is C16H25N3O2. The predicted octanol–water partition coefficient (Wildman–Crippen LogP) is 0.865. The van der Waals surface area contributed by atoms with E-state index in [4.69, 9.17) is 10.5 Å². The summed E-state index contributed by atoms with van der Waals surface area (Å²) in [6, 6.07) is 7.77. The maximum atomic E-state index is 12.4. The number of para-hydroxylation sites is 1. The molecule has 1 fully saturated rings. The minimum atomic E-state index is -0.452. The lowest BCUT2D eigenvalue weighted by atomic mass is 10.2. The molecule has 2 rings (SSSR count). The molecule has 1 aliphatic rings. The Labute approximate surface area is 126 Å². The van der Waals surface area contributed by atoms with Gasteiger partial charge in [0.25, 0.3) is 5.91 Å². The van der Waals surface area contributed by atoms with Gasteiger partial charge in [-0.1, -0.05) is 18.2 Å². The first kappa shape index (κ1) is 15.8. The van der Waals surface area contributed by atoms with Gasteiger partial charge in [0.1, 0.15) is 5.75 Å². The van der Waals surface area contributed by atoms with Crippen LogP contribution in [0.3, 0.4) is 0 Å². The molecule has 1 heterocycles. The maximum absolute atomic E-state index is 12.4. The largest absolute Gasteiger partial charge is 0.481 e. The highest BCUT2D eigenvalue weighted by Crippen LogP contribution is 2.18. The summed E-state index contributed by atoms with van der Waals surface area (Å²) >= 11 is 0. The van der Waals surface area contributed by atoms with E-state index in [1.54, 1.807) is 0 Å². The van der Waals surface area contributed by atoms with Crippen LogP contribution in [0.2, 0.25) is 0 Å². The zero-order valence-corrected chi connectivity index (χ0v) is 12.9. The number of rotatable bonds is 5. The Hall–Kier alpha value is -1.59. The molecule has 2 N–H and O–H groups in total. The van der Waals surface area contributed by atoms with Crippen molar-refractivity contribution < 1.29 is 9.53 Å². The van der Waals surface area contributed by atoms with Gasteiger partial charge in [-0.15, -0.1) is 0 Å². The zero-order valence-electron chi connectivity index (χ0n) is 12.9. The van der Waals surface area contributed by atoms with Crippen LogP contribution in [-0.2, 0) is 4.79 Å². The number of amides is 1. The highest BCUT2D eigenvalue weighted by atomic mass is 16.5. The SMILES string of the molecule is Cc1ccccc1OC(C)C(=O)N1CCN(CCN)CC1. The van der Waals surface area contributed by atoms with Gasteiger partial charge < -0.3 is 15.4 Å². The van der Waals surface area contributed by atoms with Gasteiger partial charge in [-0.05, 0) is 25.5 Å². The second kappa shape index (κ2) is 7.43. The van der Waals surface area contributed by atoms with Gasteiger partial charge in [-0.2, -0.15) is 0 Å². The molecule has 0 radical (unpaired) electrons. The summed E-state index contributed by atoms with van der Waals surface area (Å²) in [5, 5.41) is 0. The molecule has 1 aromatic carbocycles. The third-order valence-electron chi connectivity index (χ3n) is 3.87. The van der Waals surface area contributed by atoms with Crippen LogP contribution in [0.25, 0.3) is 0 Å². The third-order valence-corrected chi connectivity index (χ3v) is 3.87. The lowest BCUT2D eigenvalue weighted by Crippen LogP contribution is -2.52. The molecule has 0 saturated carbocycles. The molecule has 5 heteroatoms. The van der Waals surface area contributed by atoms with Crippen LogP contribution in [0.1, 0.15) is 12.5 Å². The molecule has 0 bridgehead atoms. The number of hydrogen-bond donors (Lipinski definition) is 1. The lowest BCUT2D eigenvalue weighted by molar-refractivity contribution is -0.139. The Morgan fingerprint density at radius 1 is 1.29 bits per heavy atom. The maximum Gasteiger partial charge on any atom is 0.263 e. The fraction of sp³-hybridized carbons (Fsp3) is 0.562. The van der Waals surface area contributed by atoms with Crippen LogP contribution in [0, 0.1) is 6.92 Å². The van der Waals surface area contributed by atoms with E-state index in [0.717, 1.165) is 44.0 Å². The molecule has 1 amide bonds. The lowest BCUT2D eigenvalue weighted by Gasteiger charge is -2.35. The van der Waals surface area contributed by atoms with Crippen molar-refractivity contribution in [1.29, 1.82) is 0 Å². The van der Waals surface area contributed by atoms with Crippen LogP contribution in [0.4, 0.5) is 0 Å². The van der Waals surface area contributed by atoms with E-state index in [2.05, 4.69) is 4.90 Å². The van der Waals surface area contributed by atoms with E-state index in [9.17, 15) is 4.79 Å². The molecular weight excluding hydrogens is 266 g/mol. The topological polar surface area (TPSA) is 58.8 Å². The van der Waals surface area contributed by atoms with E-state index in [1.807, 2.05) is 43.0 Å². The smallest absolute Gasteiger partial charge is 0.263 e. The van der Waals surface area contributed by atoms with Crippen molar-refractivity contribution in [2.45, 2.75) is 20.0 Å². The van der Waals surface area contributed by atoms with Crippen molar-refractivity contribution in [3.05, 3.63) is 29.8 Å². The summed E-state index contributed by atoms with van der Waals surface area (Å²) in [6.45, 7) is 8.65. The molecule has 1 atom stereocenters. The van der Waals surface area contributed by atoms with E-state index in [0.29, 0.717) is 6.54 Å². The number of benzene rings is 1. The Morgan fingerprint density at radius 3 is 2.57 bits per heavy atom. The van der Waals surface area contributed by atoms with Gasteiger partial charge in [0.05, 0.1) is 0 Å². The summed E-state index contributed by atoms with van der Waals surface area (Å²) in [6.07, 6.45) is -0.452. The highest BCUT2D eigenvalue weighted by molar-refractivity contribution is 5.81. The molecule has 21 heavy (non-hydrogen) atoms. The van der Waals surface area contributed by atoms with Crippen LogP contribution in [-0.4, -0.2) is 61.1 Å². The summed E-state index contributed by atoms with van der Waals surface area (Å²) in [5.74, 6) is 0.839. The average molecular weight is 291 g/mol. The molecule has 0 aromatic heterocycles. The summed E-state index contributed by atoms with van der Waals surface area (Å²) in [5.41, 5.74) is 6.61. The molecule has 1 aliphatic heterocycles. The zero-order chi connectivity index (χ0) is 15.2. The molecule has 1 saturated heterocycles. The van der Waals surface area contributed by atoms with Crippen LogP contribution < -0.4 is 10.5 Å². The summed E-state index contributed by atoms with van der Waals surface area (Å²) in [7, 11) is 0. The second-order valence-corrected chi connectivity index (χ2v) is 5.48. The first-order valence-electron chi connectivity index (χ1n) is 7.55. The quantitative estimate of drug-likeness (QED) is 0.874. The first-order chi connectivity index (χ1) is 10.1. The Morgan fingerprint density at radius 2 is 1.95 bits per heavy atom. The molecule has 1 unspecified atom stereocenters. The predicted molar refractivity (Wildman–Crippen MR) is 83.3 cm³/mol. The van der Waals surface area contributed by atoms with Crippen molar-refractivity contribution in [2.24, 2.45) is 5.73 Å². The van der Waals surface area contributed by atoms with Gasteiger partial charge in [-0.25, -0.2) is 0 Å². The Balaban J connectivity index is 1.87. The monoisotopic (exact) mass is 291 g/mol. The van der Waals surface area contributed by atoms with Gasteiger partial charge in [0.15, 0.2) is 6.10 Å². The number of carbonyl (C=O) groups excluding carboxylic acids is 1. The van der Waals surface area contributed by atoms with Gasteiger partial charge in [0.2, 0.25) is 0 Å². The van der Waals surface area contributed by atoms with Crippen molar-refractivity contribution in [3.63, 3.8) is 0 Å². The minimum absolute atomic E-state index is 0.0608. The van der Waals surface area contributed by atoms with Gasteiger partial charge in [0, 0.05) is 39.3 Å². The van der Waals surface area contributed by atoms with Crippen molar-refractivity contribution in [2.75, 3.05) is 39.3 Å². The van der Waals surface area contributed by atoms with Crippen LogP contribution in [0.5, 0.6) is 5.75 Å². The van der Waals surface area contributed by atoms with Crippen LogP contribution >= 0.6 is 0 Å². The van der Waals surface area contributed by atoms with E-state index < -0.39 is 6.10 Å². The van der Waals surface area contributed by atoms with Gasteiger partial charge in [-0.3, -0.25) is 9.69 Å².